The van der Waals surface area contributed by atoms with E-state index in [1.807, 2.05) is 0 Å². The first-order chi connectivity index (χ1) is 5.02. The van der Waals surface area contributed by atoms with Crippen molar-refractivity contribution in [2.75, 3.05) is 0 Å². The Morgan fingerprint density at radius 1 is 1.45 bits per heavy atom. The molecule has 0 unspecified atom stereocenters. The Morgan fingerprint density at radius 3 is 2.36 bits per heavy atom. The number of rotatable bonds is 4. The molecule has 0 bridgehead atoms. The van der Waals surface area contributed by atoms with E-state index in [1.165, 1.54) is 6.92 Å². The van der Waals surface area contributed by atoms with E-state index in [-0.39, 0.29) is 5.91 Å². The molecule has 0 radical (unpaired) electrons. The maximum absolute atomic E-state index is 10.4. The lowest BCUT2D eigenvalue weighted by atomic mass is 10.2. The first-order valence-electron chi connectivity index (χ1n) is 3.65. The first-order valence-corrected chi connectivity index (χ1v) is 3.65. The molecule has 0 aliphatic rings. The molecule has 0 fully saturated rings. The average Bonchev–Trinajstić information content (AvgIpc) is 1.82. The molecule has 0 spiro atoms. The fraction of sp³-hybridized carbons (Fsp3) is 0.857. The van der Waals surface area contributed by atoms with E-state index in [9.17, 15) is 4.79 Å². The van der Waals surface area contributed by atoms with E-state index >= 15 is 0 Å². The second kappa shape index (κ2) is 5.09. The Kier molecular flexibility index (Phi) is 4.81. The Morgan fingerprint density at radius 2 is 2.00 bits per heavy atom. The first kappa shape index (κ1) is 10.4. The van der Waals surface area contributed by atoms with E-state index in [0.29, 0.717) is 12.8 Å². The van der Waals surface area contributed by atoms with Gasteiger partial charge in [0.15, 0.2) is 0 Å². The van der Waals surface area contributed by atoms with Gasteiger partial charge >= 0.3 is 0 Å². The molecule has 66 valence electrons. The van der Waals surface area contributed by atoms with Gasteiger partial charge in [-0.15, -0.1) is 0 Å². The topological polar surface area (TPSA) is 69.6 Å². The van der Waals surface area contributed by atoms with Gasteiger partial charge in [0.2, 0.25) is 5.91 Å². The predicted molar refractivity (Wildman–Crippen MR) is 40.7 cm³/mol. The van der Waals surface area contributed by atoms with Crippen molar-refractivity contribution in [3.63, 3.8) is 0 Å². The van der Waals surface area contributed by atoms with Crippen molar-refractivity contribution in [1.82, 2.24) is 5.32 Å². The third-order valence-corrected chi connectivity index (χ3v) is 1.23. The minimum atomic E-state index is -0.831. The maximum atomic E-state index is 10.4. The van der Waals surface area contributed by atoms with Crippen LogP contribution in [0.25, 0.3) is 0 Å². The minimum Gasteiger partial charge on any atom is -0.393 e. The molecule has 11 heavy (non-hydrogen) atoms. The Balaban J connectivity index is 3.37. The number of nitrogens with one attached hydrogen (secondary N) is 1. The number of carbonyl (C=O) groups is 1. The summed E-state index contributed by atoms with van der Waals surface area (Å²) >= 11 is 0. The van der Waals surface area contributed by atoms with Gasteiger partial charge in [-0.3, -0.25) is 4.79 Å². The maximum Gasteiger partial charge on any atom is 0.218 e. The van der Waals surface area contributed by atoms with Crippen LogP contribution >= 0.6 is 0 Å². The van der Waals surface area contributed by atoms with E-state index in [4.69, 9.17) is 10.2 Å². The largest absolute Gasteiger partial charge is 0.393 e. The summed E-state index contributed by atoms with van der Waals surface area (Å²) in [6.07, 6.45) is -0.390. The Hall–Kier alpha value is -0.610. The molecular formula is C7H15NO3. The molecule has 0 aromatic heterocycles. The summed E-state index contributed by atoms with van der Waals surface area (Å²) in [6.45, 7) is 2.98. The van der Waals surface area contributed by atoms with Crippen LogP contribution in [0.3, 0.4) is 0 Å². The fourth-order valence-electron chi connectivity index (χ4n) is 0.706. The van der Waals surface area contributed by atoms with Crippen LogP contribution in [0.4, 0.5) is 0 Å². The molecule has 0 aliphatic carbocycles. The highest BCUT2D eigenvalue weighted by Gasteiger charge is 2.05. The monoisotopic (exact) mass is 161 g/mol. The normalized spacial score (nSPS) is 15.6. The molecule has 4 heteroatoms. The van der Waals surface area contributed by atoms with Gasteiger partial charge in [0.1, 0.15) is 6.23 Å². The van der Waals surface area contributed by atoms with Gasteiger partial charge in [0, 0.05) is 6.92 Å². The molecule has 0 aromatic rings. The van der Waals surface area contributed by atoms with Crippen LogP contribution in [0.1, 0.15) is 26.7 Å². The second-order valence-corrected chi connectivity index (χ2v) is 2.64. The highest BCUT2D eigenvalue weighted by molar-refractivity contribution is 5.72. The summed E-state index contributed by atoms with van der Waals surface area (Å²) in [7, 11) is 0. The molecular weight excluding hydrogens is 146 g/mol. The van der Waals surface area contributed by atoms with Crippen LogP contribution < -0.4 is 5.32 Å². The zero-order valence-electron chi connectivity index (χ0n) is 6.87. The van der Waals surface area contributed by atoms with Gasteiger partial charge in [0.25, 0.3) is 0 Å². The van der Waals surface area contributed by atoms with Crippen molar-refractivity contribution < 1.29 is 15.0 Å². The summed E-state index contributed by atoms with van der Waals surface area (Å²) in [5.74, 6) is -0.261. The molecule has 0 aliphatic heterocycles. The molecule has 0 aromatic carbocycles. The third-order valence-electron chi connectivity index (χ3n) is 1.23. The van der Waals surface area contributed by atoms with Crippen LogP contribution in [0.15, 0.2) is 0 Å². The van der Waals surface area contributed by atoms with Gasteiger partial charge in [-0.2, -0.15) is 0 Å². The van der Waals surface area contributed by atoms with E-state index in [0.717, 1.165) is 0 Å². The standard InChI is InChI=1S/C7H15NO3/c1-5(9)3-4-7(11)8-6(2)10/h5,7,9,11H,3-4H2,1-2H3,(H,8,10)/t5-,7+/m0/s1. The minimum absolute atomic E-state index is 0.261. The zero-order chi connectivity index (χ0) is 8.85. The van der Waals surface area contributed by atoms with Crippen LogP contribution in [0, 0.1) is 0 Å². The summed E-state index contributed by atoms with van der Waals surface area (Å²) in [5, 5.41) is 20.1. The van der Waals surface area contributed by atoms with Gasteiger partial charge in [-0.05, 0) is 19.8 Å². The summed E-state index contributed by atoms with van der Waals surface area (Å²) in [5.41, 5.74) is 0. The van der Waals surface area contributed by atoms with Gasteiger partial charge < -0.3 is 15.5 Å². The lowest BCUT2D eigenvalue weighted by molar-refractivity contribution is -0.122. The number of carbonyl (C=O) groups excluding carboxylic acids is 1. The van der Waals surface area contributed by atoms with Crippen molar-refractivity contribution in [3.05, 3.63) is 0 Å². The van der Waals surface area contributed by atoms with Crippen molar-refractivity contribution >= 4 is 5.91 Å². The number of aliphatic hydroxyl groups excluding tert-OH is 2. The van der Waals surface area contributed by atoms with E-state index in [1.54, 1.807) is 6.92 Å². The third kappa shape index (κ3) is 7.29. The van der Waals surface area contributed by atoms with E-state index < -0.39 is 12.3 Å². The summed E-state index contributed by atoms with van der Waals surface area (Å²) < 4.78 is 0. The quantitative estimate of drug-likeness (QED) is 0.491. The van der Waals surface area contributed by atoms with Crippen molar-refractivity contribution in [1.29, 1.82) is 0 Å². The zero-order valence-corrected chi connectivity index (χ0v) is 6.87. The van der Waals surface area contributed by atoms with Gasteiger partial charge in [-0.1, -0.05) is 0 Å². The van der Waals surface area contributed by atoms with Crippen LogP contribution in [-0.4, -0.2) is 28.5 Å². The van der Waals surface area contributed by atoms with Crippen LogP contribution in [0.5, 0.6) is 0 Å². The highest BCUT2D eigenvalue weighted by Crippen LogP contribution is 1.98. The molecule has 1 amide bonds. The molecule has 2 atom stereocenters. The molecule has 0 saturated heterocycles. The lowest BCUT2D eigenvalue weighted by Gasteiger charge is -2.11. The number of hydrogen-bond acceptors (Lipinski definition) is 3. The Bertz CT molecular complexity index is 125. The number of aliphatic hydroxyl groups is 2. The SMILES string of the molecule is CC(=O)N[C@H](O)CC[C@H](C)O. The molecule has 3 N–H and O–H groups in total. The Labute approximate surface area is 66.2 Å². The van der Waals surface area contributed by atoms with Gasteiger partial charge in [0.05, 0.1) is 6.10 Å². The second-order valence-electron chi connectivity index (χ2n) is 2.64. The van der Waals surface area contributed by atoms with Crippen molar-refractivity contribution in [2.45, 2.75) is 39.0 Å². The van der Waals surface area contributed by atoms with Crippen molar-refractivity contribution in [3.8, 4) is 0 Å². The molecule has 0 saturated carbocycles. The van der Waals surface area contributed by atoms with Crippen LogP contribution in [-0.2, 0) is 4.79 Å². The number of hydrogen-bond donors (Lipinski definition) is 3. The fourth-order valence-corrected chi connectivity index (χ4v) is 0.706. The molecule has 0 rings (SSSR count). The number of amides is 1. The predicted octanol–water partition coefficient (Wildman–Crippen LogP) is -0.398. The van der Waals surface area contributed by atoms with Gasteiger partial charge in [-0.25, -0.2) is 0 Å². The van der Waals surface area contributed by atoms with Crippen LogP contribution in [0.2, 0.25) is 0 Å². The van der Waals surface area contributed by atoms with Crippen molar-refractivity contribution in [2.24, 2.45) is 0 Å². The van der Waals surface area contributed by atoms with E-state index in [2.05, 4.69) is 5.32 Å². The molecule has 0 heterocycles. The average molecular weight is 161 g/mol. The molecule has 4 nitrogen and oxygen atoms in total. The highest BCUT2D eigenvalue weighted by atomic mass is 16.3. The lowest BCUT2D eigenvalue weighted by Crippen LogP contribution is -2.33. The smallest absolute Gasteiger partial charge is 0.218 e. The summed E-state index contributed by atoms with van der Waals surface area (Å²) in [6, 6.07) is 0. The summed E-state index contributed by atoms with van der Waals surface area (Å²) in [4.78, 5) is 10.4.